The van der Waals surface area contributed by atoms with Gasteiger partial charge in [0.05, 0.1) is 50.7 Å². The fraction of sp³-hybridized carbons (Fsp3) is 0.500. The minimum atomic E-state index is -0.413. The number of piperidine rings is 1. The molecule has 2 fully saturated rings. The molecule has 0 unspecified atom stereocenters. The van der Waals surface area contributed by atoms with E-state index >= 15 is 0 Å². The van der Waals surface area contributed by atoms with E-state index < -0.39 is 6.10 Å². The van der Waals surface area contributed by atoms with Gasteiger partial charge in [0.1, 0.15) is 6.79 Å². The van der Waals surface area contributed by atoms with Crippen LogP contribution in [0.5, 0.6) is 0 Å². The number of aliphatic hydroxyl groups is 1. The number of benzene rings is 2. The number of aliphatic hydroxyl groups excluding tert-OH is 1. The SMILES string of the molecule is COCO[C@H](/C=C/CO)[C@H]1C[C@H]2C[C@H](OCc3ccccc3)[C@H](C)[C@@H](COCc3ccccc3)N2C(=O)N1. The number of carbonyl (C=O) groups is 1. The minimum Gasteiger partial charge on any atom is -0.392 e. The van der Waals surface area contributed by atoms with E-state index in [1.807, 2.05) is 53.4 Å². The van der Waals surface area contributed by atoms with Crippen molar-refractivity contribution in [1.82, 2.24) is 10.2 Å². The number of amides is 2. The topological polar surface area (TPSA) is 89.5 Å². The summed E-state index contributed by atoms with van der Waals surface area (Å²) in [6.45, 7) is 3.57. The first kappa shape index (κ1) is 28.3. The Morgan fingerprint density at radius 1 is 1.05 bits per heavy atom. The Morgan fingerprint density at radius 3 is 2.39 bits per heavy atom. The van der Waals surface area contributed by atoms with E-state index in [1.165, 1.54) is 0 Å². The summed E-state index contributed by atoms with van der Waals surface area (Å²) in [4.78, 5) is 15.5. The molecule has 0 radical (unpaired) electrons. The van der Waals surface area contributed by atoms with Gasteiger partial charge in [-0.1, -0.05) is 79.7 Å². The zero-order valence-corrected chi connectivity index (χ0v) is 22.3. The number of hydrogen-bond donors (Lipinski definition) is 2. The number of ether oxygens (including phenoxy) is 4. The summed E-state index contributed by atoms with van der Waals surface area (Å²) in [5, 5.41) is 12.4. The molecule has 2 amide bonds. The maximum atomic E-state index is 13.5. The van der Waals surface area contributed by atoms with Crippen molar-refractivity contribution < 1.29 is 28.8 Å². The summed E-state index contributed by atoms with van der Waals surface area (Å²) in [7, 11) is 1.56. The Morgan fingerprint density at radius 2 is 1.74 bits per heavy atom. The summed E-state index contributed by atoms with van der Waals surface area (Å²) >= 11 is 0. The molecule has 2 aromatic carbocycles. The van der Waals surface area contributed by atoms with Crippen LogP contribution < -0.4 is 5.32 Å². The summed E-state index contributed by atoms with van der Waals surface area (Å²) in [5.41, 5.74) is 2.22. The average molecular weight is 525 g/mol. The van der Waals surface area contributed by atoms with Crippen molar-refractivity contribution in [2.24, 2.45) is 5.92 Å². The average Bonchev–Trinajstić information content (AvgIpc) is 2.94. The first-order valence-electron chi connectivity index (χ1n) is 13.3. The van der Waals surface area contributed by atoms with E-state index in [-0.39, 0.29) is 49.6 Å². The number of nitrogens with one attached hydrogen (secondary N) is 1. The maximum absolute atomic E-state index is 13.5. The third-order valence-corrected chi connectivity index (χ3v) is 7.43. The molecule has 2 heterocycles. The van der Waals surface area contributed by atoms with Crippen LogP contribution in [0.25, 0.3) is 0 Å². The van der Waals surface area contributed by atoms with Crippen LogP contribution in [0.3, 0.4) is 0 Å². The van der Waals surface area contributed by atoms with Gasteiger partial charge < -0.3 is 34.3 Å². The van der Waals surface area contributed by atoms with Crippen molar-refractivity contribution in [2.45, 2.75) is 63.3 Å². The van der Waals surface area contributed by atoms with Crippen LogP contribution in [-0.4, -0.2) is 73.5 Å². The van der Waals surface area contributed by atoms with Gasteiger partial charge in [-0.2, -0.15) is 0 Å². The predicted octanol–water partition coefficient (Wildman–Crippen LogP) is 3.89. The molecule has 2 saturated heterocycles. The van der Waals surface area contributed by atoms with Crippen molar-refractivity contribution in [3.05, 3.63) is 83.9 Å². The van der Waals surface area contributed by atoms with E-state index in [0.29, 0.717) is 26.2 Å². The normalized spacial score (nSPS) is 26.2. The van der Waals surface area contributed by atoms with E-state index in [4.69, 9.17) is 18.9 Å². The summed E-state index contributed by atoms with van der Waals surface area (Å²) < 4.78 is 23.6. The highest BCUT2D eigenvalue weighted by Crippen LogP contribution is 2.36. The number of rotatable bonds is 13. The van der Waals surface area contributed by atoms with Crippen LogP contribution in [0.2, 0.25) is 0 Å². The van der Waals surface area contributed by atoms with Gasteiger partial charge in [0.25, 0.3) is 0 Å². The number of hydrogen-bond acceptors (Lipinski definition) is 6. The molecule has 4 rings (SSSR count). The van der Waals surface area contributed by atoms with Crippen LogP contribution in [0.15, 0.2) is 72.8 Å². The van der Waals surface area contributed by atoms with Gasteiger partial charge in [0.2, 0.25) is 0 Å². The molecular weight excluding hydrogens is 484 g/mol. The van der Waals surface area contributed by atoms with Crippen LogP contribution in [0, 0.1) is 5.92 Å². The molecule has 2 aliphatic rings. The number of carbonyl (C=O) groups excluding carboxylic acids is 1. The molecule has 0 aromatic heterocycles. The number of fused-ring (bicyclic) bond motifs is 1. The Bertz CT molecular complexity index is 1000. The van der Waals surface area contributed by atoms with Gasteiger partial charge in [-0.05, 0) is 24.0 Å². The lowest BCUT2D eigenvalue weighted by Gasteiger charge is -2.52. The van der Waals surface area contributed by atoms with E-state index in [2.05, 4.69) is 24.4 Å². The molecule has 2 aromatic rings. The van der Waals surface area contributed by atoms with Crippen molar-refractivity contribution in [1.29, 1.82) is 0 Å². The molecule has 0 saturated carbocycles. The molecule has 2 N–H and O–H groups in total. The fourth-order valence-corrected chi connectivity index (χ4v) is 5.44. The van der Waals surface area contributed by atoms with Gasteiger partial charge in [-0.15, -0.1) is 0 Å². The second kappa shape index (κ2) is 14.4. The highest BCUT2D eigenvalue weighted by Gasteiger charge is 2.48. The number of nitrogens with zero attached hydrogens (tertiary/aromatic N) is 1. The molecule has 206 valence electrons. The predicted molar refractivity (Wildman–Crippen MR) is 144 cm³/mol. The van der Waals surface area contributed by atoms with Crippen LogP contribution in [0.1, 0.15) is 30.9 Å². The molecule has 0 spiro atoms. The van der Waals surface area contributed by atoms with E-state index in [0.717, 1.165) is 17.5 Å². The molecule has 2 aliphatic heterocycles. The Kier molecular flexibility index (Phi) is 10.7. The van der Waals surface area contributed by atoms with Gasteiger partial charge in [-0.3, -0.25) is 0 Å². The molecule has 6 atom stereocenters. The van der Waals surface area contributed by atoms with Gasteiger partial charge in [0.15, 0.2) is 0 Å². The summed E-state index contributed by atoms with van der Waals surface area (Å²) in [5.74, 6) is 0.0860. The zero-order valence-electron chi connectivity index (χ0n) is 22.3. The van der Waals surface area contributed by atoms with Crippen LogP contribution in [0.4, 0.5) is 4.79 Å². The van der Waals surface area contributed by atoms with Crippen molar-refractivity contribution in [3.63, 3.8) is 0 Å². The number of methoxy groups -OCH3 is 1. The standard InChI is InChI=1S/C30H40N2O6/c1-22-27(20-36-18-23-10-5-3-6-11-23)32-25(17-29(22)37-19-24-12-7-4-8-13-24)16-26(31-30(32)34)28(14-9-15-33)38-21-35-2/h3-14,22,25-29,33H,15-21H2,1-2H3,(H,31,34)/b14-9+/t22-,25+,26-,27-,28-,29+/m1/s1. The van der Waals surface area contributed by atoms with Crippen LogP contribution in [-0.2, 0) is 32.2 Å². The zero-order chi connectivity index (χ0) is 26.7. The summed E-state index contributed by atoms with van der Waals surface area (Å²) in [6, 6.07) is 19.7. The maximum Gasteiger partial charge on any atom is 0.318 e. The van der Waals surface area contributed by atoms with Crippen molar-refractivity contribution >= 4 is 6.03 Å². The second-order valence-corrected chi connectivity index (χ2v) is 10.00. The molecule has 0 aliphatic carbocycles. The highest BCUT2D eigenvalue weighted by atomic mass is 16.7. The first-order valence-corrected chi connectivity index (χ1v) is 13.3. The quantitative estimate of drug-likeness (QED) is 0.305. The molecule has 38 heavy (non-hydrogen) atoms. The van der Waals surface area contributed by atoms with Crippen molar-refractivity contribution in [3.8, 4) is 0 Å². The second-order valence-electron chi connectivity index (χ2n) is 10.00. The smallest absolute Gasteiger partial charge is 0.318 e. The molecule has 8 heteroatoms. The first-order chi connectivity index (χ1) is 18.6. The number of urea groups is 1. The van der Waals surface area contributed by atoms with E-state index in [9.17, 15) is 9.90 Å². The van der Waals surface area contributed by atoms with Crippen LogP contribution >= 0.6 is 0 Å². The third kappa shape index (κ3) is 7.42. The Hall–Kier alpha value is -2.75. The van der Waals surface area contributed by atoms with Crippen molar-refractivity contribution in [2.75, 3.05) is 27.1 Å². The van der Waals surface area contributed by atoms with Gasteiger partial charge in [-0.25, -0.2) is 4.79 Å². The highest BCUT2D eigenvalue weighted by molar-refractivity contribution is 5.76. The fourth-order valence-electron chi connectivity index (χ4n) is 5.44. The Balaban J connectivity index is 1.50. The minimum absolute atomic E-state index is 0.0281. The third-order valence-electron chi connectivity index (χ3n) is 7.43. The lowest BCUT2D eigenvalue weighted by molar-refractivity contribution is -0.108. The lowest BCUT2D eigenvalue weighted by atomic mass is 9.80. The molecule has 0 bridgehead atoms. The Labute approximate surface area is 225 Å². The molecule has 8 nitrogen and oxygen atoms in total. The van der Waals surface area contributed by atoms with Gasteiger partial charge in [0, 0.05) is 19.1 Å². The summed E-state index contributed by atoms with van der Waals surface area (Å²) in [6.07, 6.45) is 4.39. The lowest BCUT2D eigenvalue weighted by Crippen LogP contribution is -2.68. The molecular formula is C30H40N2O6. The van der Waals surface area contributed by atoms with E-state index in [1.54, 1.807) is 19.3 Å². The van der Waals surface area contributed by atoms with Gasteiger partial charge >= 0.3 is 6.03 Å². The monoisotopic (exact) mass is 524 g/mol. The largest absolute Gasteiger partial charge is 0.392 e.